The zero-order chi connectivity index (χ0) is 14.1. The predicted molar refractivity (Wildman–Crippen MR) is 81.1 cm³/mol. The highest BCUT2D eigenvalue weighted by molar-refractivity contribution is 5.32. The summed E-state index contributed by atoms with van der Waals surface area (Å²) in [4.78, 5) is 0. The number of aryl methyl sites for hydroxylation is 1. The number of hydrogen-bond donors (Lipinski definition) is 0. The van der Waals surface area contributed by atoms with E-state index in [9.17, 15) is 0 Å². The van der Waals surface area contributed by atoms with Crippen LogP contribution in [-0.4, -0.2) is 0 Å². The molecule has 0 bridgehead atoms. The molecule has 0 unspecified atom stereocenters. The van der Waals surface area contributed by atoms with Crippen LogP contribution in [0.1, 0.15) is 43.4 Å². The Kier molecular flexibility index (Phi) is 6.39. The lowest BCUT2D eigenvalue weighted by Gasteiger charge is -2.02. The Hall–Kier alpha value is -2.07. The van der Waals surface area contributed by atoms with Gasteiger partial charge in [-0.3, -0.25) is 0 Å². The molecule has 1 nitrogen and oxygen atoms in total. The number of nitrogens with zero attached hydrogens (tertiary/aromatic N) is 1. The summed E-state index contributed by atoms with van der Waals surface area (Å²) in [6.07, 6.45) is 1.14. The Labute approximate surface area is 116 Å². The summed E-state index contributed by atoms with van der Waals surface area (Å²) < 4.78 is 0. The average Bonchev–Trinajstić information content (AvgIpc) is 2.48. The first-order chi connectivity index (χ1) is 9.17. The van der Waals surface area contributed by atoms with Crippen molar-refractivity contribution >= 4 is 0 Å². The van der Waals surface area contributed by atoms with Gasteiger partial charge in [0.15, 0.2) is 0 Å². The first-order valence-corrected chi connectivity index (χ1v) is 6.71. The van der Waals surface area contributed by atoms with Gasteiger partial charge >= 0.3 is 0 Å². The molecule has 0 amide bonds. The zero-order valence-corrected chi connectivity index (χ0v) is 11.9. The van der Waals surface area contributed by atoms with Gasteiger partial charge in [0, 0.05) is 0 Å². The van der Waals surface area contributed by atoms with Crippen LogP contribution in [0.2, 0.25) is 0 Å². The van der Waals surface area contributed by atoms with E-state index in [0.717, 1.165) is 12.0 Å². The molecule has 0 atom stereocenters. The first kappa shape index (κ1) is 15.0. The van der Waals surface area contributed by atoms with Crippen LogP contribution in [0.15, 0.2) is 54.6 Å². The molecule has 1 heteroatoms. The highest BCUT2D eigenvalue weighted by Crippen LogP contribution is 2.13. The fourth-order valence-corrected chi connectivity index (χ4v) is 1.66. The van der Waals surface area contributed by atoms with Crippen LogP contribution in [0.5, 0.6) is 0 Å². The van der Waals surface area contributed by atoms with Crippen molar-refractivity contribution in [3.05, 3.63) is 71.3 Å². The van der Waals surface area contributed by atoms with Gasteiger partial charge in [0.05, 0.1) is 11.6 Å². The maximum atomic E-state index is 8.52. The van der Waals surface area contributed by atoms with E-state index in [1.165, 1.54) is 11.1 Å². The third-order valence-corrected chi connectivity index (χ3v) is 2.96. The molecule has 0 N–H and O–H groups in total. The Bertz CT molecular complexity index is 504. The SMILES string of the molecule is CC(C)c1ccc(C#N)cc1.CCc1ccccc1. The maximum absolute atomic E-state index is 8.52. The van der Waals surface area contributed by atoms with E-state index in [-0.39, 0.29) is 0 Å². The Morgan fingerprint density at radius 3 is 1.89 bits per heavy atom. The minimum atomic E-state index is 0.544. The molecule has 0 fully saturated rings. The van der Waals surface area contributed by atoms with Crippen LogP contribution in [0.25, 0.3) is 0 Å². The van der Waals surface area contributed by atoms with Crippen molar-refractivity contribution in [3.63, 3.8) is 0 Å². The molecular formula is C18H21N. The van der Waals surface area contributed by atoms with Crippen LogP contribution >= 0.6 is 0 Å². The van der Waals surface area contributed by atoms with E-state index >= 15 is 0 Å². The third kappa shape index (κ3) is 5.40. The van der Waals surface area contributed by atoms with Crippen molar-refractivity contribution < 1.29 is 0 Å². The van der Waals surface area contributed by atoms with Crippen molar-refractivity contribution in [1.29, 1.82) is 5.26 Å². The van der Waals surface area contributed by atoms with Gasteiger partial charge in [-0.05, 0) is 35.6 Å². The van der Waals surface area contributed by atoms with Gasteiger partial charge in [-0.25, -0.2) is 0 Å². The van der Waals surface area contributed by atoms with Gasteiger partial charge in [0.1, 0.15) is 0 Å². The molecule has 0 aliphatic rings. The second-order valence-electron chi connectivity index (χ2n) is 4.73. The highest BCUT2D eigenvalue weighted by atomic mass is 14.2. The second-order valence-corrected chi connectivity index (χ2v) is 4.73. The molecule has 0 aliphatic heterocycles. The quantitative estimate of drug-likeness (QED) is 0.742. The number of rotatable bonds is 2. The van der Waals surface area contributed by atoms with Gasteiger partial charge in [-0.2, -0.15) is 5.26 Å². The summed E-state index contributed by atoms with van der Waals surface area (Å²) in [5, 5.41) is 8.52. The lowest BCUT2D eigenvalue weighted by molar-refractivity contribution is 0.866. The minimum absolute atomic E-state index is 0.544. The fraction of sp³-hybridized carbons (Fsp3) is 0.278. The molecule has 2 aromatic carbocycles. The Balaban J connectivity index is 0.000000200. The van der Waals surface area contributed by atoms with Gasteiger partial charge in [0.25, 0.3) is 0 Å². The lowest BCUT2D eigenvalue weighted by atomic mass is 10.0. The predicted octanol–water partition coefficient (Wildman–Crippen LogP) is 4.93. The molecule has 0 spiro atoms. The van der Waals surface area contributed by atoms with Crippen molar-refractivity contribution in [2.24, 2.45) is 0 Å². The van der Waals surface area contributed by atoms with Crippen LogP contribution in [0.4, 0.5) is 0 Å². The normalized spacial score (nSPS) is 9.42. The van der Waals surface area contributed by atoms with Gasteiger partial charge < -0.3 is 0 Å². The van der Waals surface area contributed by atoms with E-state index in [0.29, 0.717) is 5.92 Å². The van der Waals surface area contributed by atoms with Crippen LogP contribution < -0.4 is 0 Å². The largest absolute Gasteiger partial charge is 0.192 e. The number of nitriles is 1. The average molecular weight is 251 g/mol. The molecule has 2 rings (SSSR count). The maximum Gasteiger partial charge on any atom is 0.0991 e. The van der Waals surface area contributed by atoms with Crippen molar-refractivity contribution in [3.8, 4) is 6.07 Å². The molecular weight excluding hydrogens is 230 g/mol. The van der Waals surface area contributed by atoms with Gasteiger partial charge in [-0.1, -0.05) is 63.2 Å². The molecule has 98 valence electrons. The Morgan fingerprint density at radius 2 is 1.53 bits per heavy atom. The van der Waals surface area contributed by atoms with Crippen molar-refractivity contribution in [1.82, 2.24) is 0 Å². The third-order valence-electron chi connectivity index (χ3n) is 2.96. The molecule has 0 saturated carbocycles. The minimum Gasteiger partial charge on any atom is -0.192 e. The molecule has 0 heterocycles. The van der Waals surface area contributed by atoms with E-state index in [4.69, 9.17) is 5.26 Å². The van der Waals surface area contributed by atoms with E-state index in [1.54, 1.807) is 0 Å². The highest BCUT2D eigenvalue weighted by Gasteiger charge is 1.96. The smallest absolute Gasteiger partial charge is 0.0991 e. The molecule has 2 aromatic rings. The number of benzene rings is 2. The standard InChI is InChI=1S/C10H11N.C8H10/c1-8(2)10-5-3-9(7-11)4-6-10;1-2-8-6-4-3-5-7-8/h3-6,8H,1-2H3;3-7H,2H2,1H3. The monoisotopic (exact) mass is 251 g/mol. The topological polar surface area (TPSA) is 23.8 Å². The van der Waals surface area contributed by atoms with Crippen LogP contribution in [-0.2, 0) is 6.42 Å². The number of hydrogen-bond acceptors (Lipinski definition) is 1. The zero-order valence-electron chi connectivity index (χ0n) is 11.9. The van der Waals surface area contributed by atoms with Crippen molar-refractivity contribution in [2.75, 3.05) is 0 Å². The van der Waals surface area contributed by atoms with Crippen molar-refractivity contribution in [2.45, 2.75) is 33.1 Å². The van der Waals surface area contributed by atoms with Crippen LogP contribution in [0.3, 0.4) is 0 Å². The molecule has 0 radical (unpaired) electrons. The molecule has 0 saturated heterocycles. The Morgan fingerprint density at radius 1 is 0.947 bits per heavy atom. The summed E-state index contributed by atoms with van der Waals surface area (Å²) in [5.41, 5.74) is 3.42. The summed E-state index contributed by atoms with van der Waals surface area (Å²) in [7, 11) is 0. The van der Waals surface area contributed by atoms with Gasteiger partial charge in [0.2, 0.25) is 0 Å². The summed E-state index contributed by atoms with van der Waals surface area (Å²) in [5.74, 6) is 0.544. The summed E-state index contributed by atoms with van der Waals surface area (Å²) in [6, 6.07) is 20.3. The second kappa shape index (κ2) is 8.11. The van der Waals surface area contributed by atoms with E-state index in [1.807, 2.05) is 30.3 Å². The molecule has 19 heavy (non-hydrogen) atoms. The van der Waals surface area contributed by atoms with Gasteiger partial charge in [-0.15, -0.1) is 0 Å². The van der Waals surface area contributed by atoms with Crippen LogP contribution in [0, 0.1) is 11.3 Å². The molecule has 0 aromatic heterocycles. The first-order valence-electron chi connectivity index (χ1n) is 6.71. The summed E-state index contributed by atoms with van der Waals surface area (Å²) in [6.45, 7) is 6.44. The molecule has 0 aliphatic carbocycles. The van der Waals surface area contributed by atoms with E-state index < -0.39 is 0 Å². The van der Waals surface area contributed by atoms with E-state index in [2.05, 4.69) is 51.1 Å². The lowest BCUT2D eigenvalue weighted by Crippen LogP contribution is -1.85. The summed E-state index contributed by atoms with van der Waals surface area (Å²) >= 11 is 0. The fourth-order valence-electron chi connectivity index (χ4n) is 1.66.